The van der Waals surface area contributed by atoms with Gasteiger partial charge in [0.1, 0.15) is 5.82 Å². The van der Waals surface area contributed by atoms with Crippen LogP contribution in [0.15, 0.2) is 70.1 Å². The van der Waals surface area contributed by atoms with Crippen molar-refractivity contribution in [3.63, 3.8) is 0 Å². The van der Waals surface area contributed by atoms with E-state index in [1.54, 1.807) is 24.3 Å². The molecule has 0 atom stereocenters. The summed E-state index contributed by atoms with van der Waals surface area (Å²) < 4.78 is 57.2. The van der Waals surface area contributed by atoms with Gasteiger partial charge in [0.2, 0.25) is 6.79 Å². The molecule has 0 saturated heterocycles. The average molecular weight is 498 g/mol. The van der Waals surface area contributed by atoms with Crippen LogP contribution in [-0.4, -0.2) is 26.9 Å². The first-order valence-corrected chi connectivity index (χ1v) is 12.7. The lowest BCUT2D eigenvalue weighted by Crippen LogP contribution is -2.16. The van der Waals surface area contributed by atoms with E-state index in [9.17, 15) is 12.8 Å². The number of unbranched alkanes of at least 4 members (excludes halogenated alkanes) is 1. The zero-order chi connectivity index (χ0) is 24.3. The first-order chi connectivity index (χ1) is 17.0. The van der Waals surface area contributed by atoms with Crippen molar-refractivity contribution in [3.05, 3.63) is 77.7 Å². The van der Waals surface area contributed by atoms with Gasteiger partial charge in [-0.15, -0.1) is 0 Å². The molecule has 0 bridgehead atoms. The maximum atomic E-state index is 13.3. The Morgan fingerprint density at radius 2 is 1.86 bits per heavy atom. The summed E-state index contributed by atoms with van der Waals surface area (Å²) in [6.45, 7) is 1.48. The van der Waals surface area contributed by atoms with E-state index in [1.165, 1.54) is 24.3 Å². The van der Waals surface area contributed by atoms with Crippen LogP contribution in [0.4, 0.5) is 10.1 Å². The number of ether oxygens (including phenoxy) is 2. The number of fused-ring (bicyclic) bond motifs is 2. The van der Waals surface area contributed by atoms with Crippen molar-refractivity contribution in [2.24, 2.45) is 0 Å². The number of hydrogen-bond donors (Lipinski definition) is 2. The van der Waals surface area contributed by atoms with E-state index in [2.05, 4.69) is 15.2 Å². The number of aromatic nitrogens is 1. The summed E-state index contributed by atoms with van der Waals surface area (Å²) in [5, 5.41) is 8.27. The molecule has 0 unspecified atom stereocenters. The molecule has 3 aromatic carbocycles. The van der Waals surface area contributed by atoms with Crippen LogP contribution in [0.2, 0.25) is 0 Å². The monoisotopic (exact) mass is 497 g/mol. The van der Waals surface area contributed by atoms with Crippen LogP contribution in [0, 0.1) is 5.82 Å². The van der Waals surface area contributed by atoms with E-state index >= 15 is 0 Å². The molecule has 0 aliphatic carbocycles. The number of aryl methyl sites for hydroxylation is 1. The Hall–Kier alpha value is -3.63. The minimum Gasteiger partial charge on any atom is -0.454 e. The van der Waals surface area contributed by atoms with Crippen LogP contribution in [0.1, 0.15) is 24.1 Å². The molecule has 0 amide bonds. The molecular formula is C25H24FN3O5S. The number of nitrogens with one attached hydrogen (secondary N) is 2. The standard InChI is InChI=1S/C25H24FN3O5S/c26-18-7-9-21-22(28-34-24(21)13-18)6-1-2-11-27-15-17-4-3-5-19(12-17)29-35(30,31)20-8-10-23-25(14-20)33-16-32-23/h3-5,7-10,12-14,27,29H,1-2,6,11,15-16H2. The van der Waals surface area contributed by atoms with Gasteiger partial charge in [-0.05, 0) is 67.8 Å². The lowest BCUT2D eigenvalue weighted by Gasteiger charge is -2.11. The summed E-state index contributed by atoms with van der Waals surface area (Å²) >= 11 is 0. The third-order valence-electron chi connectivity index (χ3n) is 5.69. The van der Waals surface area contributed by atoms with Gasteiger partial charge in [-0.2, -0.15) is 0 Å². The van der Waals surface area contributed by atoms with Crippen LogP contribution in [-0.2, 0) is 23.0 Å². The van der Waals surface area contributed by atoms with Crippen LogP contribution in [0.3, 0.4) is 0 Å². The number of sulfonamides is 1. The van der Waals surface area contributed by atoms with Crippen molar-refractivity contribution in [2.45, 2.75) is 30.7 Å². The molecule has 0 spiro atoms. The normalized spacial score (nSPS) is 12.8. The minimum atomic E-state index is -3.76. The molecular weight excluding hydrogens is 473 g/mol. The molecule has 1 aliphatic rings. The summed E-state index contributed by atoms with van der Waals surface area (Å²) in [6, 6.07) is 16.2. The lowest BCUT2D eigenvalue weighted by atomic mass is 10.1. The van der Waals surface area contributed by atoms with E-state index in [4.69, 9.17) is 14.0 Å². The van der Waals surface area contributed by atoms with Gasteiger partial charge in [-0.1, -0.05) is 17.3 Å². The van der Waals surface area contributed by atoms with Crippen molar-refractivity contribution >= 4 is 26.7 Å². The van der Waals surface area contributed by atoms with Gasteiger partial charge in [0, 0.05) is 29.8 Å². The van der Waals surface area contributed by atoms with E-state index in [0.29, 0.717) is 29.3 Å². The number of halogens is 1. The van der Waals surface area contributed by atoms with Crippen LogP contribution in [0.5, 0.6) is 11.5 Å². The summed E-state index contributed by atoms with van der Waals surface area (Å²) in [7, 11) is -3.76. The molecule has 2 N–H and O–H groups in total. The molecule has 1 aliphatic heterocycles. The number of rotatable bonds is 10. The SMILES string of the molecule is O=S(=O)(Nc1cccc(CNCCCCc2noc3cc(F)ccc23)c1)c1ccc2c(c1)OCO2. The Bertz CT molecular complexity index is 1450. The first-order valence-electron chi connectivity index (χ1n) is 11.2. The molecule has 10 heteroatoms. The Kier molecular flexibility index (Phi) is 6.56. The summed E-state index contributed by atoms with van der Waals surface area (Å²) in [4.78, 5) is 0.107. The molecule has 182 valence electrons. The van der Waals surface area contributed by atoms with Gasteiger partial charge in [0.15, 0.2) is 17.1 Å². The highest BCUT2D eigenvalue weighted by Crippen LogP contribution is 2.34. The molecule has 35 heavy (non-hydrogen) atoms. The zero-order valence-corrected chi connectivity index (χ0v) is 19.6. The minimum absolute atomic E-state index is 0.0830. The van der Waals surface area contributed by atoms with Gasteiger partial charge < -0.3 is 19.3 Å². The molecule has 0 radical (unpaired) electrons. The second-order valence-corrected chi connectivity index (χ2v) is 9.91. The van der Waals surface area contributed by atoms with Gasteiger partial charge in [0.05, 0.1) is 10.6 Å². The largest absolute Gasteiger partial charge is 0.454 e. The highest BCUT2D eigenvalue weighted by molar-refractivity contribution is 7.92. The van der Waals surface area contributed by atoms with E-state index in [-0.39, 0.29) is 17.5 Å². The fraction of sp³-hybridized carbons (Fsp3) is 0.240. The van der Waals surface area contributed by atoms with Crippen LogP contribution in [0.25, 0.3) is 11.0 Å². The maximum absolute atomic E-state index is 13.3. The molecule has 0 fully saturated rings. The summed E-state index contributed by atoms with van der Waals surface area (Å²) in [5.41, 5.74) is 2.74. The zero-order valence-electron chi connectivity index (χ0n) is 18.8. The Balaban J connectivity index is 1.10. The third kappa shape index (κ3) is 5.39. The third-order valence-corrected chi connectivity index (χ3v) is 7.07. The van der Waals surface area contributed by atoms with Gasteiger partial charge in [-0.25, -0.2) is 12.8 Å². The molecule has 8 nitrogen and oxygen atoms in total. The molecule has 5 rings (SSSR count). The molecule has 1 aromatic heterocycles. The van der Waals surface area contributed by atoms with Crippen molar-refractivity contribution in [1.82, 2.24) is 10.5 Å². The van der Waals surface area contributed by atoms with E-state index < -0.39 is 10.0 Å². The predicted molar refractivity (Wildman–Crippen MR) is 128 cm³/mol. The predicted octanol–water partition coefficient (Wildman–Crippen LogP) is 4.61. The van der Waals surface area contributed by atoms with E-state index in [0.717, 1.165) is 42.5 Å². The number of anilines is 1. The maximum Gasteiger partial charge on any atom is 0.262 e. The van der Waals surface area contributed by atoms with Gasteiger partial charge in [-0.3, -0.25) is 4.72 Å². The molecule has 0 saturated carbocycles. The van der Waals surface area contributed by atoms with Gasteiger partial charge in [0.25, 0.3) is 10.0 Å². The Morgan fingerprint density at radius 1 is 0.971 bits per heavy atom. The van der Waals surface area contributed by atoms with Crippen molar-refractivity contribution in [2.75, 3.05) is 18.1 Å². The molecule has 2 heterocycles. The summed E-state index contributed by atoms with van der Waals surface area (Å²) in [5.74, 6) is 0.604. The Labute approximate surface area is 202 Å². The highest BCUT2D eigenvalue weighted by atomic mass is 32.2. The molecule has 4 aromatic rings. The second kappa shape index (κ2) is 9.93. The topological polar surface area (TPSA) is 103 Å². The Morgan fingerprint density at radius 3 is 2.77 bits per heavy atom. The number of nitrogens with zero attached hydrogens (tertiary/aromatic N) is 1. The quantitative estimate of drug-likeness (QED) is 0.309. The first kappa shape index (κ1) is 23.1. The van der Waals surface area contributed by atoms with Crippen molar-refractivity contribution < 1.29 is 26.8 Å². The van der Waals surface area contributed by atoms with Crippen molar-refractivity contribution in [1.29, 1.82) is 0 Å². The number of benzene rings is 3. The van der Waals surface area contributed by atoms with Crippen LogP contribution < -0.4 is 19.5 Å². The van der Waals surface area contributed by atoms with E-state index in [1.807, 2.05) is 12.1 Å². The fourth-order valence-corrected chi connectivity index (χ4v) is 4.99. The highest BCUT2D eigenvalue weighted by Gasteiger charge is 2.20. The lowest BCUT2D eigenvalue weighted by molar-refractivity contribution is 0.174. The van der Waals surface area contributed by atoms with Crippen molar-refractivity contribution in [3.8, 4) is 11.5 Å². The fourth-order valence-electron chi connectivity index (χ4n) is 3.92. The summed E-state index contributed by atoms with van der Waals surface area (Å²) in [6.07, 6.45) is 2.57. The smallest absolute Gasteiger partial charge is 0.262 e. The average Bonchev–Trinajstić information content (AvgIpc) is 3.47. The second-order valence-electron chi connectivity index (χ2n) is 8.22. The van der Waals surface area contributed by atoms with Gasteiger partial charge >= 0.3 is 0 Å². The van der Waals surface area contributed by atoms with Crippen LogP contribution >= 0.6 is 0 Å². The number of hydrogen-bond acceptors (Lipinski definition) is 7.